The van der Waals surface area contributed by atoms with Crippen LogP contribution in [0, 0.1) is 18.1 Å². The highest BCUT2D eigenvalue weighted by Crippen LogP contribution is 2.14. The lowest BCUT2D eigenvalue weighted by atomic mass is 10.1. The first-order valence-electron chi connectivity index (χ1n) is 5.23. The van der Waals surface area contributed by atoms with Crippen molar-refractivity contribution in [2.24, 2.45) is 0 Å². The van der Waals surface area contributed by atoms with Gasteiger partial charge in [0.15, 0.2) is 11.6 Å². The van der Waals surface area contributed by atoms with E-state index in [1.54, 1.807) is 6.07 Å². The van der Waals surface area contributed by atoms with Gasteiger partial charge in [0.05, 0.1) is 0 Å². The van der Waals surface area contributed by atoms with Crippen LogP contribution in [0.5, 0.6) is 0 Å². The normalized spacial score (nSPS) is 18.0. The van der Waals surface area contributed by atoms with Crippen LogP contribution in [0.4, 0.5) is 8.78 Å². The Bertz CT molecular complexity index is 332. The van der Waals surface area contributed by atoms with Gasteiger partial charge < -0.3 is 0 Å². The standard InChI is InChI=1S/C12H14F2N/c13-11-5-4-10(8-12(11)14)9-15-6-2-1-3-7-15/h1,4-5,8H,2-3,6-7,9H2. The van der Waals surface area contributed by atoms with E-state index >= 15 is 0 Å². The van der Waals surface area contributed by atoms with Crippen LogP contribution in [-0.4, -0.2) is 18.0 Å². The van der Waals surface area contributed by atoms with E-state index in [1.165, 1.54) is 12.1 Å². The minimum atomic E-state index is -0.772. The highest BCUT2D eigenvalue weighted by atomic mass is 19.2. The van der Waals surface area contributed by atoms with Gasteiger partial charge in [-0.2, -0.15) is 0 Å². The van der Waals surface area contributed by atoms with Crippen LogP contribution in [0.25, 0.3) is 0 Å². The number of rotatable bonds is 2. The van der Waals surface area contributed by atoms with Gasteiger partial charge in [0, 0.05) is 6.54 Å². The molecular weight excluding hydrogens is 196 g/mol. The lowest BCUT2D eigenvalue weighted by Crippen LogP contribution is -2.29. The van der Waals surface area contributed by atoms with Crippen LogP contribution in [-0.2, 0) is 6.54 Å². The Morgan fingerprint density at radius 2 is 1.80 bits per heavy atom. The molecule has 1 aromatic carbocycles. The lowest BCUT2D eigenvalue weighted by molar-refractivity contribution is 0.245. The first kappa shape index (κ1) is 10.6. The van der Waals surface area contributed by atoms with E-state index < -0.39 is 11.6 Å². The van der Waals surface area contributed by atoms with E-state index in [-0.39, 0.29) is 0 Å². The number of nitrogens with zero attached hydrogens (tertiary/aromatic N) is 1. The molecule has 0 bridgehead atoms. The molecule has 0 aromatic heterocycles. The highest BCUT2D eigenvalue weighted by Gasteiger charge is 2.11. The molecule has 3 heteroatoms. The number of hydrogen-bond donors (Lipinski definition) is 0. The van der Waals surface area contributed by atoms with Crippen LogP contribution in [0.15, 0.2) is 18.2 Å². The second-order valence-corrected chi connectivity index (χ2v) is 3.89. The Hall–Kier alpha value is -0.960. The fourth-order valence-corrected chi connectivity index (χ4v) is 1.86. The summed E-state index contributed by atoms with van der Waals surface area (Å²) >= 11 is 0. The summed E-state index contributed by atoms with van der Waals surface area (Å²) in [6.07, 6.45) is 4.44. The topological polar surface area (TPSA) is 3.24 Å². The molecule has 0 spiro atoms. The molecule has 0 amide bonds. The molecule has 0 unspecified atom stereocenters. The fraction of sp³-hybridized carbons (Fsp3) is 0.417. The van der Waals surface area contributed by atoms with Crippen LogP contribution in [0.2, 0.25) is 0 Å². The third-order valence-electron chi connectivity index (χ3n) is 2.69. The molecule has 1 nitrogen and oxygen atoms in total. The monoisotopic (exact) mass is 210 g/mol. The number of halogens is 2. The van der Waals surface area contributed by atoms with Gasteiger partial charge >= 0.3 is 0 Å². The Kier molecular flexibility index (Phi) is 3.31. The summed E-state index contributed by atoms with van der Waals surface area (Å²) in [6, 6.07) is 4.13. The van der Waals surface area contributed by atoms with Crippen LogP contribution >= 0.6 is 0 Å². The van der Waals surface area contributed by atoms with Gasteiger partial charge in [-0.25, -0.2) is 8.78 Å². The fourth-order valence-electron chi connectivity index (χ4n) is 1.86. The van der Waals surface area contributed by atoms with Crippen LogP contribution in [0.3, 0.4) is 0 Å². The van der Waals surface area contributed by atoms with Crippen molar-refractivity contribution >= 4 is 0 Å². The first-order valence-corrected chi connectivity index (χ1v) is 5.23. The molecule has 0 atom stereocenters. The molecule has 2 rings (SSSR count). The average Bonchev–Trinajstić information content (AvgIpc) is 2.25. The zero-order chi connectivity index (χ0) is 10.7. The van der Waals surface area contributed by atoms with E-state index in [2.05, 4.69) is 11.3 Å². The SMILES string of the molecule is Fc1ccc(CN2CC[CH]CC2)cc1F. The van der Waals surface area contributed by atoms with E-state index in [0.717, 1.165) is 31.5 Å². The van der Waals surface area contributed by atoms with Crippen molar-refractivity contribution in [3.05, 3.63) is 41.8 Å². The van der Waals surface area contributed by atoms with Gasteiger partial charge in [-0.1, -0.05) is 6.07 Å². The third-order valence-corrected chi connectivity index (χ3v) is 2.69. The molecule has 1 saturated heterocycles. The molecule has 0 saturated carbocycles. The van der Waals surface area contributed by atoms with Crippen molar-refractivity contribution in [1.82, 2.24) is 4.90 Å². The summed E-state index contributed by atoms with van der Waals surface area (Å²) in [5.41, 5.74) is 0.843. The first-order chi connectivity index (χ1) is 7.25. The summed E-state index contributed by atoms with van der Waals surface area (Å²) < 4.78 is 25.6. The van der Waals surface area contributed by atoms with Crippen molar-refractivity contribution in [2.75, 3.05) is 13.1 Å². The van der Waals surface area contributed by atoms with Crippen LogP contribution in [0.1, 0.15) is 18.4 Å². The summed E-state index contributed by atoms with van der Waals surface area (Å²) in [6.45, 7) is 2.74. The van der Waals surface area contributed by atoms with Gasteiger partial charge in [0.2, 0.25) is 0 Å². The van der Waals surface area contributed by atoms with E-state index in [1.807, 2.05) is 0 Å². The molecular formula is C12H14F2N. The van der Waals surface area contributed by atoms with E-state index in [9.17, 15) is 8.78 Å². The molecule has 1 fully saturated rings. The van der Waals surface area contributed by atoms with Crippen molar-refractivity contribution in [3.63, 3.8) is 0 Å². The molecule has 1 radical (unpaired) electrons. The quantitative estimate of drug-likeness (QED) is 0.725. The highest BCUT2D eigenvalue weighted by molar-refractivity contribution is 5.17. The zero-order valence-corrected chi connectivity index (χ0v) is 8.55. The predicted octanol–water partition coefficient (Wildman–Crippen LogP) is 2.76. The Balaban J connectivity index is 2.00. The predicted molar refractivity (Wildman–Crippen MR) is 55.2 cm³/mol. The third kappa shape index (κ3) is 2.75. The smallest absolute Gasteiger partial charge is 0.159 e. The van der Waals surface area contributed by atoms with E-state index in [0.29, 0.717) is 6.54 Å². The maximum Gasteiger partial charge on any atom is 0.159 e. The Morgan fingerprint density at radius 3 is 2.47 bits per heavy atom. The number of hydrogen-bond acceptors (Lipinski definition) is 1. The van der Waals surface area contributed by atoms with Gasteiger partial charge in [0.1, 0.15) is 0 Å². The summed E-state index contributed by atoms with van der Waals surface area (Å²) in [5, 5.41) is 0. The summed E-state index contributed by atoms with van der Waals surface area (Å²) in [7, 11) is 0. The molecule has 1 aliphatic heterocycles. The van der Waals surface area contributed by atoms with Gasteiger partial charge in [0.25, 0.3) is 0 Å². The molecule has 1 aliphatic rings. The molecule has 1 aromatic rings. The molecule has 1 heterocycles. The summed E-state index contributed by atoms with van der Waals surface area (Å²) in [5.74, 6) is -1.53. The number of likely N-dealkylation sites (tertiary alicyclic amines) is 1. The minimum Gasteiger partial charge on any atom is -0.299 e. The minimum absolute atomic E-state index is 0.713. The molecule has 15 heavy (non-hydrogen) atoms. The van der Waals surface area contributed by atoms with Crippen molar-refractivity contribution in [3.8, 4) is 0 Å². The number of piperidine rings is 1. The zero-order valence-electron chi connectivity index (χ0n) is 8.55. The van der Waals surface area contributed by atoms with E-state index in [4.69, 9.17) is 0 Å². The molecule has 0 N–H and O–H groups in total. The van der Waals surface area contributed by atoms with Gasteiger partial charge in [-0.3, -0.25) is 4.90 Å². The Labute approximate surface area is 88.7 Å². The lowest BCUT2D eigenvalue weighted by Gasteiger charge is -2.26. The number of benzene rings is 1. The average molecular weight is 210 g/mol. The second kappa shape index (κ2) is 4.71. The summed E-state index contributed by atoms with van der Waals surface area (Å²) in [4.78, 5) is 2.26. The van der Waals surface area contributed by atoms with Gasteiger partial charge in [-0.15, -0.1) is 0 Å². The maximum atomic E-state index is 12.9. The Morgan fingerprint density at radius 1 is 1.07 bits per heavy atom. The largest absolute Gasteiger partial charge is 0.299 e. The molecule has 81 valence electrons. The van der Waals surface area contributed by atoms with Crippen molar-refractivity contribution < 1.29 is 8.78 Å². The van der Waals surface area contributed by atoms with Crippen LogP contribution < -0.4 is 0 Å². The maximum absolute atomic E-state index is 12.9. The second-order valence-electron chi connectivity index (χ2n) is 3.89. The molecule has 0 aliphatic carbocycles. The van der Waals surface area contributed by atoms with Crippen molar-refractivity contribution in [2.45, 2.75) is 19.4 Å². The van der Waals surface area contributed by atoms with Gasteiger partial charge in [-0.05, 0) is 50.0 Å². The van der Waals surface area contributed by atoms with Crippen molar-refractivity contribution in [1.29, 1.82) is 0 Å².